The Balaban J connectivity index is 1.92. The zero-order chi connectivity index (χ0) is 19.0. The SMILES string of the molecule is C=Cc1ccc(-c2nc(C3CCCN(C)C3)c3ccnc(NC)n23)cc1F. The number of benzene rings is 1. The van der Waals surface area contributed by atoms with Gasteiger partial charge in [-0.2, -0.15) is 0 Å². The molecule has 0 bridgehead atoms. The second-order valence-corrected chi connectivity index (χ2v) is 7.10. The highest BCUT2D eigenvalue weighted by molar-refractivity contribution is 5.70. The number of rotatable bonds is 4. The molecular weight excluding hydrogens is 341 g/mol. The van der Waals surface area contributed by atoms with Crippen molar-refractivity contribution in [3.8, 4) is 11.4 Å². The Morgan fingerprint density at radius 3 is 2.89 bits per heavy atom. The summed E-state index contributed by atoms with van der Waals surface area (Å²) in [7, 11) is 3.98. The normalized spacial score (nSPS) is 18.0. The highest BCUT2D eigenvalue weighted by atomic mass is 19.1. The lowest BCUT2D eigenvalue weighted by Gasteiger charge is -2.28. The molecule has 0 amide bonds. The van der Waals surface area contributed by atoms with Gasteiger partial charge in [0, 0.05) is 36.8 Å². The van der Waals surface area contributed by atoms with Gasteiger partial charge in [0.05, 0.1) is 11.2 Å². The number of hydrogen-bond acceptors (Lipinski definition) is 4. The van der Waals surface area contributed by atoms with Gasteiger partial charge in [0.1, 0.15) is 11.6 Å². The van der Waals surface area contributed by atoms with Crippen LogP contribution in [0.25, 0.3) is 23.0 Å². The summed E-state index contributed by atoms with van der Waals surface area (Å²) in [5.74, 6) is 1.46. The van der Waals surface area contributed by atoms with Crippen LogP contribution in [0.15, 0.2) is 37.0 Å². The Morgan fingerprint density at radius 1 is 1.33 bits per heavy atom. The van der Waals surface area contributed by atoms with E-state index in [0.29, 0.717) is 23.3 Å². The van der Waals surface area contributed by atoms with Crippen molar-refractivity contribution in [2.24, 2.45) is 0 Å². The van der Waals surface area contributed by atoms with E-state index in [1.54, 1.807) is 12.3 Å². The summed E-state index contributed by atoms with van der Waals surface area (Å²) in [4.78, 5) is 11.8. The average Bonchev–Trinajstić information content (AvgIpc) is 3.08. The van der Waals surface area contributed by atoms with Gasteiger partial charge in [-0.1, -0.05) is 24.8 Å². The van der Waals surface area contributed by atoms with Crippen LogP contribution in [-0.2, 0) is 0 Å². The summed E-state index contributed by atoms with van der Waals surface area (Å²) in [6.07, 6.45) is 5.58. The van der Waals surface area contributed by atoms with E-state index >= 15 is 0 Å². The molecule has 140 valence electrons. The number of fused-ring (bicyclic) bond motifs is 1. The van der Waals surface area contributed by atoms with E-state index in [2.05, 4.69) is 28.8 Å². The van der Waals surface area contributed by atoms with Gasteiger partial charge in [-0.25, -0.2) is 14.4 Å². The van der Waals surface area contributed by atoms with Crippen molar-refractivity contribution in [1.29, 1.82) is 0 Å². The van der Waals surface area contributed by atoms with Gasteiger partial charge < -0.3 is 10.2 Å². The predicted octanol–water partition coefficient (Wildman–Crippen LogP) is 4.03. The zero-order valence-electron chi connectivity index (χ0n) is 15.7. The van der Waals surface area contributed by atoms with Crippen molar-refractivity contribution < 1.29 is 4.39 Å². The van der Waals surface area contributed by atoms with Crippen molar-refractivity contribution in [3.05, 3.63) is 54.1 Å². The van der Waals surface area contributed by atoms with Crippen molar-refractivity contribution in [1.82, 2.24) is 19.3 Å². The minimum absolute atomic E-state index is 0.298. The predicted molar refractivity (Wildman–Crippen MR) is 107 cm³/mol. The maximum atomic E-state index is 14.4. The van der Waals surface area contributed by atoms with Gasteiger partial charge in [-0.05, 0) is 38.6 Å². The summed E-state index contributed by atoms with van der Waals surface area (Å²) >= 11 is 0. The molecule has 1 unspecified atom stereocenters. The van der Waals surface area contributed by atoms with Crippen molar-refractivity contribution in [2.45, 2.75) is 18.8 Å². The molecule has 1 N–H and O–H groups in total. The van der Waals surface area contributed by atoms with Crippen LogP contribution in [0.4, 0.5) is 10.3 Å². The van der Waals surface area contributed by atoms with E-state index in [9.17, 15) is 4.39 Å². The molecule has 0 spiro atoms. The second-order valence-electron chi connectivity index (χ2n) is 7.10. The number of likely N-dealkylation sites (N-methyl/N-ethyl adjacent to an activating group) is 1. The van der Waals surface area contributed by atoms with E-state index in [1.807, 2.05) is 23.6 Å². The highest BCUT2D eigenvalue weighted by Gasteiger charge is 2.26. The smallest absolute Gasteiger partial charge is 0.208 e. The monoisotopic (exact) mass is 365 g/mol. The molecule has 3 heterocycles. The molecule has 0 saturated carbocycles. The van der Waals surface area contributed by atoms with Crippen molar-refractivity contribution in [3.63, 3.8) is 0 Å². The number of likely N-dealkylation sites (tertiary alicyclic amines) is 1. The highest BCUT2D eigenvalue weighted by Crippen LogP contribution is 2.34. The number of halogens is 1. The van der Waals surface area contributed by atoms with Crippen LogP contribution in [0.1, 0.15) is 30.0 Å². The standard InChI is InChI=1S/C21H24FN5/c1-4-14-7-8-15(12-17(14)22)20-25-19(16-6-5-11-26(3)13-16)18-9-10-24-21(23-2)27(18)20/h4,7-10,12,16H,1,5-6,11,13H2,2-3H3,(H,23,24). The third kappa shape index (κ3) is 3.10. The molecule has 5 nitrogen and oxygen atoms in total. The van der Waals surface area contributed by atoms with E-state index in [-0.39, 0.29) is 5.82 Å². The Kier molecular flexibility index (Phi) is 4.66. The lowest BCUT2D eigenvalue weighted by Crippen LogP contribution is -2.31. The first kappa shape index (κ1) is 17.7. The summed E-state index contributed by atoms with van der Waals surface area (Å²) in [6.45, 7) is 5.76. The van der Waals surface area contributed by atoms with Crippen LogP contribution >= 0.6 is 0 Å². The Morgan fingerprint density at radius 2 is 2.19 bits per heavy atom. The number of nitrogens with zero attached hydrogens (tertiary/aromatic N) is 4. The molecule has 1 aromatic carbocycles. The zero-order valence-corrected chi connectivity index (χ0v) is 15.7. The largest absolute Gasteiger partial charge is 0.358 e. The lowest BCUT2D eigenvalue weighted by atomic mass is 9.94. The van der Waals surface area contributed by atoms with Gasteiger partial charge >= 0.3 is 0 Å². The topological polar surface area (TPSA) is 45.5 Å². The molecule has 3 aromatic rings. The van der Waals surface area contributed by atoms with Crippen molar-refractivity contribution in [2.75, 3.05) is 32.5 Å². The Hall–Kier alpha value is -2.73. The number of anilines is 1. The molecule has 1 aliphatic rings. The van der Waals surface area contributed by atoms with Gasteiger partial charge in [0.15, 0.2) is 0 Å². The fourth-order valence-electron chi connectivity index (χ4n) is 3.95. The minimum Gasteiger partial charge on any atom is -0.358 e. The number of hydrogen-bond donors (Lipinski definition) is 1. The fourth-order valence-corrected chi connectivity index (χ4v) is 3.95. The number of piperidine rings is 1. The van der Waals surface area contributed by atoms with E-state index < -0.39 is 0 Å². The third-order valence-corrected chi connectivity index (χ3v) is 5.30. The van der Waals surface area contributed by atoms with Crippen LogP contribution in [0.3, 0.4) is 0 Å². The third-order valence-electron chi connectivity index (χ3n) is 5.30. The Labute approximate surface area is 158 Å². The molecule has 0 aliphatic carbocycles. The van der Waals surface area contributed by atoms with E-state index in [0.717, 1.165) is 42.7 Å². The van der Waals surface area contributed by atoms with Gasteiger partial charge in [-0.3, -0.25) is 4.40 Å². The molecule has 1 fully saturated rings. The van der Waals surface area contributed by atoms with E-state index in [1.165, 1.54) is 12.1 Å². The molecule has 6 heteroatoms. The molecule has 1 atom stereocenters. The van der Waals surface area contributed by atoms with E-state index in [4.69, 9.17) is 4.98 Å². The van der Waals surface area contributed by atoms with Gasteiger partial charge in [-0.15, -0.1) is 0 Å². The van der Waals surface area contributed by atoms with Crippen LogP contribution in [0.2, 0.25) is 0 Å². The number of aromatic nitrogens is 3. The van der Waals surface area contributed by atoms with Crippen LogP contribution in [-0.4, -0.2) is 46.5 Å². The first-order valence-electron chi connectivity index (χ1n) is 9.28. The fraction of sp³-hybridized carbons (Fsp3) is 0.333. The quantitative estimate of drug-likeness (QED) is 0.758. The lowest BCUT2D eigenvalue weighted by molar-refractivity contribution is 0.249. The maximum Gasteiger partial charge on any atom is 0.208 e. The molecule has 2 aromatic heterocycles. The maximum absolute atomic E-state index is 14.4. The summed E-state index contributed by atoms with van der Waals surface area (Å²) in [5.41, 5.74) is 3.30. The van der Waals surface area contributed by atoms with Gasteiger partial charge in [0.2, 0.25) is 5.95 Å². The molecule has 4 rings (SSSR count). The van der Waals surface area contributed by atoms with Gasteiger partial charge in [0.25, 0.3) is 0 Å². The minimum atomic E-state index is -0.298. The van der Waals surface area contributed by atoms with Crippen LogP contribution < -0.4 is 5.32 Å². The Bertz CT molecular complexity index is 994. The first-order chi connectivity index (χ1) is 13.1. The summed E-state index contributed by atoms with van der Waals surface area (Å²) in [5, 5.41) is 3.13. The molecule has 0 radical (unpaired) electrons. The average molecular weight is 365 g/mol. The molecule has 1 aliphatic heterocycles. The molecule has 1 saturated heterocycles. The summed E-state index contributed by atoms with van der Waals surface area (Å²) in [6, 6.07) is 7.14. The summed E-state index contributed by atoms with van der Waals surface area (Å²) < 4.78 is 16.4. The first-order valence-corrected chi connectivity index (χ1v) is 9.28. The molecule has 27 heavy (non-hydrogen) atoms. The number of imidazole rings is 1. The van der Waals surface area contributed by atoms with Crippen LogP contribution in [0.5, 0.6) is 0 Å². The van der Waals surface area contributed by atoms with Crippen LogP contribution in [0, 0.1) is 5.82 Å². The van der Waals surface area contributed by atoms with Crippen molar-refractivity contribution >= 4 is 17.5 Å². The number of nitrogens with one attached hydrogen (secondary N) is 1. The second kappa shape index (κ2) is 7.12. The molecular formula is C21H24FN5.